The molecule has 0 atom stereocenters. The van der Waals surface area contributed by atoms with E-state index in [9.17, 15) is 9.18 Å². The molecule has 0 aromatic heterocycles. The molecule has 0 aliphatic heterocycles. The predicted octanol–water partition coefficient (Wildman–Crippen LogP) is 4.17. The molecule has 1 N–H and O–H groups in total. The number of carbonyl (C=O) groups excluding carboxylic acids is 1. The van der Waals surface area contributed by atoms with Crippen LogP contribution in [0.5, 0.6) is 0 Å². The van der Waals surface area contributed by atoms with Gasteiger partial charge in [0.05, 0.1) is 10.0 Å². The molecular formula is C14H10BrClFNO. The van der Waals surface area contributed by atoms with Gasteiger partial charge in [0.2, 0.25) is 0 Å². The molecule has 0 unspecified atom stereocenters. The van der Waals surface area contributed by atoms with Crippen molar-refractivity contribution in [2.75, 3.05) is 0 Å². The lowest BCUT2D eigenvalue weighted by molar-refractivity contribution is 0.0949. The van der Waals surface area contributed by atoms with Crippen molar-refractivity contribution in [2.24, 2.45) is 0 Å². The Kier molecular flexibility index (Phi) is 4.56. The summed E-state index contributed by atoms with van der Waals surface area (Å²) in [5, 5.41) is 3.33. The molecule has 5 heteroatoms. The summed E-state index contributed by atoms with van der Waals surface area (Å²) in [7, 11) is 0. The van der Waals surface area contributed by atoms with Gasteiger partial charge in [-0.3, -0.25) is 4.79 Å². The Balaban J connectivity index is 2.08. The molecule has 0 saturated carbocycles. The first-order chi connectivity index (χ1) is 9.08. The van der Waals surface area contributed by atoms with E-state index in [1.54, 1.807) is 18.2 Å². The van der Waals surface area contributed by atoms with E-state index in [2.05, 4.69) is 21.2 Å². The second-order valence-electron chi connectivity index (χ2n) is 3.91. The molecule has 0 fully saturated rings. The largest absolute Gasteiger partial charge is 0.348 e. The summed E-state index contributed by atoms with van der Waals surface area (Å²) in [4.78, 5) is 11.9. The smallest absolute Gasteiger partial charge is 0.252 e. The van der Waals surface area contributed by atoms with E-state index in [1.807, 2.05) is 12.1 Å². The average molecular weight is 343 g/mol. The Labute approximate surface area is 123 Å². The SMILES string of the molecule is O=C(NCc1cccc(Cl)c1)c1cccc(F)c1Br. The fourth-order valence-electron chi connectivity index (χ4n) is 1.60. The quantitative estimate of drug-likeness (QED) is 0.891. The van der Waals surface area contributed by atoms with Crippen molar-refractivity contribution in [3.63, 3.8) is 0 Å². The fraction of sp³-hybridized carbons (Fsp3) is 0.0714. The first-order valence-electron chi connectivity index (χ1n) is 5.54. The molecule has 2 aromatic rings. The van der Waals surface area contributed by atoms with Gasteiger partial charge in [0, 0.05) is 11.6 Å². The van der Waals surface area contributed by atoms with Crippen LogP contribution in [0.25, 0.3) is 0 Å². The highest BCUT2D eigenvalue weighted by molar-refractivity contribution is 9.10. The van der Waals surface area contributed by atoms with Crippen molar-refractivity contribution >= 4 is 33.4 Å². The van der Waals surface area contributed by atoms with Crippen LogP contribution in [0.1, 0.15) is 15.9 Å². The lowest BCUT2D eigenvalue weighted by Crippen LogP contribution is -2.23. The number of hydrogen-bond acceptors (Lipinski definition) is 1. The van der Waals surface area contributed by atoms with E-state index in [4.69, 9.17) is 11.6 Å². The standard InChI is InChI=1S/C14H10BrClFNO/c15-13-11(5-2-6-12(13)17)14(19)18-8-9-3-1-4-10(16)7-9/h1-7H,8H2,(H,18,19). The molecule has 0 aliphatic carbocycles. The Hall–Kier alpha value is -1.39. The highest BCUT2D eigenvalue weighted by Gasteiger charge is 2.12. The summed E-state index contributed by atoms with van der Waals surface area (Å²) in [6.07, 6.45) is 0. The van der Waals surface area contributed by atoms with Crippen molar-refractivity contribution in [3.05, 3.63) is 68.9 Å². The Bertz CT molecular complexity index is 618. The number of nitrogens with one attached hydrogen (secondary N) is 1. The Morgan fingerprint density at radius 1 is 1.26 bits per heavy atom. The Morgan fingerprint density at radius 3 is 2.74 bits per heavy atom. The van der Waals surface area contributed by atoms with Crippen LogP contribution in [0.15, 0.2) is 46.9 Å². The van der Waals surface area contributed by atoms with E-state index in [-0.39, 0.29) is 15.9 Å². The predicted molar refractivity (Wildman–Crippen MR) is 76.7 cm³/mol. The van der Waals surface area contributed by atoms with E-state index >= 15 is 0 Å². The third-order valence-corrected chi connectivity index (χ3v) is 3.58. The molecule has 0 radical (unpaired) electrons. The molecule has 1 amide bonds. The molecule has 2 aromatic carbocycles. The number of rotatable bonds is 3. The van der Waals surface area contributed by atoms with Gasteiger partial charge in [-0.15, -0.1) is 0 Å². The van der Waals surface area contributed by atoms with Gasteiger partial charge in [-0.1, -0.05) is 29.8 Å². The van der Waals surface area contributed by atoms with Crippen molar-refractivity contribution in [3.8, 4) is 0 Å². The fourth-order valence-corrected chi connectivity index (χ4v) is 2.26. The average Bonchev–Trinajstić information content (AvgIpc) is 2.39. The van der Waals surface area contributed by atoms with Crippen LogP contribution in [0, 0.1) is 5.82 Å². The molecule has 0 aliphatic rings. The van der Waals surface area contributed by atoms with Crippen LogP contribution in [0.2, 0.25) is 5.02 Å². The first-order valence-corrected chi connectivity index (χ1v) is 6.71. The summed E-state index contributed by atoms with van der Waals surface area (Å²) in [5.74, 6) is -0.804. The van der Waals surface area contributed by atoms with Crippen LogP contribution in [0.4, 0.5) is 4.39 Å². The van der Waals surface area contributed by atoms with Gasteiger partial charge in [0.15, 0.2) is 0 Å². The van der Waals surface area contributed by atoms with Gasteiger partial charge in [0.1, 0.15) is 5.82 Å². The van der Waals surface area contributed by atoms with Gasteiger partial charge < -0.3 is 5.32 Å². The number of amides is 1. The van der Waals surface area contributed by atoms with E-state index in [0.29, 0.717) is 11.6 Å². The van der Waals surface area contributed by atoms with Gasteiger partial charge in [-0.25, -0.2) is 4.39 Å². The van der Waals surface area contributed by atoms with Crippen LogP contribution in [-0.4, -0.2) is 5.91 Å². The van der Waals surface area contributed by atoms with Gasteiger partial charge in [-0.2, -0.15) is 0 Å². The molecular weight excluding hydrogens is 333 g/mol. The second-order valence-corrected chi connectivity index (χ2v) is 5.14. The minimum atomic E-state index is -0.463. The van der Waals surface area contributed by atoms with Gasteiger partial charge in [-0.05, 0) is 45.8 Å². The molecule has 2 nitrogen and oxygen atoms in total. The van der Waals surface area contributed by atoms with Crippen LogP contribution in [0.3, 0.4) is 0 Å². The maximum atomic E-state index is 13.3. The van der Waals surface area contributed by atoms with Gasteiger partial charge >= 0.3 is 0 Å². The lowest BCUT2D eigenvalue weighted by Gasteiger charge is -2.07. The zero-order valence-electron chi connectivity index (χ0n) is 9.79. The molecule has 98 valence electrons. The lowest BCUT2D eigenvalue weighted by atomic mass is 10.2. The third-order valence-electron chi connectivity index (χ3n) is 2.54. The third kappa shape index (κ3) is 3.55. The van der Waals surface area contributed by atoms with E-state index < -0.39 is 5.82 Å². The number of carbonyl (C=O) groups is 1. The van der Waals surface area contributed by atoms with Crippen LogP contribution >= 0.6 is 27.5 Å². The summed E-state index contributed by atoms with van der Waals surface area (Å²) in [5.41, 5.74) is 1.15. The van der Waals surface area contributed by atoms with E-state index in [0.717, 1.165) is 5.56 Å². The van der Waals surface area contributed by atoms with Crippen molar-refractivity contribution < 1.29 is 9.18 Å². The van der Waals surface area contributed by atoms with Crippen LogP contribution in [-0.2, 0) is 6.54 Å². The van der Waals surface area contributed by atoms with E-state index in [1.165, 1.54) is 12.1 Å². The number of benzene rings is 2. The second kappa shape index (κ2) is 6.17. The van der Waals surface area contributed by atoms with Gasteiger partial charge in [0.25, 0.3) is 5.91 Å². The molecule has 0 saturated heterocycles. The van der Waals surface area contributed by atoms with Crippen molar-refractivity contribution in [1.29, 1.82) is 0 Å². The highest BCUT2D eigenvalue weighted by Crippen LogP contribution is 2.20. The molecule has 2 rings (SSSR count). The minimum Gasteiger partial charge on any atom is -0.348 e. The van der Waals surface area contributed by atoms with Crippen molar-refractivity contribution in [2.45, 2.75) is 6.54 Å². The highest BCUT2D eigenvalue weighted by atomic mass is 79.9. The van der Waals surface area contributed by atoms with Crippen LogP contribution < -0.4 is 5.32 Å². The maximum absolute atomic E-state index is 13.3. The maximum Gasteiger partial charge on any atom is 0.252 e. The molecule has 19 heavy (non-hydrogen) atoms. The summed E-state index contributed by atoms with van der Waals surface area (Å²) in [6, 6.07) is 11.5. The molecule has 0 bridgehead atoms. The molecule has 0 spiro atoms. The summed E-state index contributed by atoms with van der Waals surface area (Å²) >= 11 is 8.92. The molecule has 0 heterocycles. The first kappa shape index (κ1) is 14.0. The normalized spacial score (nSPS) is 10.3. The zero-order valence-corrected chi connectivity index (χ0v) is 12.1. The Morgan fingerprint density at radius 2 is 2.00 bits per heavy atom. The van der Waals surface area contributed by atoms with Crippen molar-refractivity contribution in [1.82, 2.24) is 5.32 Å². The monoisotopic (exact) mass is 341 g/mol. The number of halogens is 3. The summed E-state index contributed by atoms with van der Waals surface area (Å²) < 4.78 is 13.5. The number of hydrogen-bond donors (Lipinski definition) is 1. The zero-order chi connectivity index (χ0) is 13.8. The minimum absolute atomic E-state index is 0.165. The topological polar surface area (TPSA) is 29.1 Å². The summed E-state index contributed by atoms with van der Waals surface area (Å²) in [6.45, 7) is 0.336.